The number of hydrogen-bond acceptors (Lipinski definition) is 1. The van der Waals surface area contributed by atoms with Crippen LogP contribution in [0.2, 0.25) is 0 Å². The van der Waals surface area contributed by atoms with Crippen LogP contribution >= 0.6 is 0 Å². The quantitative estimate of drug-likeness (QED) is 0.649. The molecule has 4 atom stereocenters. The molecule has 0 aromatic heterocycles. The van der Waals surface area contributed by atoms with Crippen molar-refractivity contribution in [1.29, 1.82) is 5.26 Å². The molecule has 4 rings (SSSR count). The van der Waals surface area contributed by atoms with Gasteiger partial charge in [0.2, 0.25) is 0 Å². The lowest BCUT2D eigenvalue weighted by Crippen LogP contribution is -2.34. The highest BCUT2D eigenvalue weighted by Gasteiger charge is 2.41. The van der Waals surface area contributed by atoms with Crippen LogP contribution < -0.4 is 0 Å². The summed E-state index contributed by atoms with van der Waals surface area (Å²) in [5.41, 5.74) is 1.34. The molecule has 2 bridgehead atoms. The van der Waals surface area contributed by atoms with Crippen molar-refractivity contribution in [2.45, 2.75) is 18.8 Å². The van der Waals surface area contributed by atoms with Crippen molar-refractivity contribution in [3.63, 3.8) is 0 Å². The van der Waals surface area contributed by atoms with Gasteiger partial charge in [0.25, 0.3) is 0 Å². The summed E-state index contributed by atoms with van der Waals surface area (Å²) in [6, 6.07) is 13.1. The Kier molecular flexibility index (Phi) is 2.29. The van der Waals surface area contributed by atoms with E-state index in [0.29, 0.717) is 17.8 Å². The topological polar surface area (TPSA) is 23.8 Å². The van der Waals surface area contributed by atoms with Crippen molar-refractivity contribution in [3.8, 4) is 6.07 Å². The van der Waals surface area contributed by atoms with Crippen LogP contribution in [0.15, 0.2) is 42.5 Å². The summed E-state index contributed by atoms with van der Waals surface area (Å²) >= 11 is 0. The monoisotopic (exact) mass is 209 g/mol. The van der Waals surface area contributed by atoms with Gasteiger partial charge in [0, 0.05) is 5.92 Å². The van der Waals surface area contributed by atoms with Gasteiger partial charge in [-0.25, -0.2) is 0 Å². The van der Waals surface area contributed by atoms with E-state index in [4.69, 9.17) is 0 Å². The Bertz CT molecular complexity index is 440. The summed E-state index contributed by atoms with van der Waals surface area (Å²) < 4.78 is 0. The van der Waals surface area contributed by atoms with Gasteiger partial charge < -0.3 is 0 Å². The van der Waals surface area contributed by atoms with Gasteiger partial charge in [0.1, 0.15) is 0 Å². The maximum Gasteiger partial charge on any atom is 0.0668 e. The van der Waals surface area contributed by atoms with Gasteiger partial charge >= 0.3 is 0 Å². The zero-order valence-electron chi connectivity index (χ0n) is 9.21. The third-order valence-corrected chi connectivity index (χ3v) is 4.08. The van der Waals surface area contributed by atoms with Crippen LogP contribution in [0.25, 0.3) is 0 Å². The number of fused-ring (bicyclic) bond motifs is 2. The molecule has 1 heteroatoms. The Balaban J connectivity index is 2.01. The fraction of sp³-hybridized carbons (Fsp3) is 0.400. The van der Waals surface area contributed by atoms with Crippen LogP contribution in [0.3, 0.4) is 0 Å². The Morgan fingerprint density at radius 1 is 1.00 bits per heavy atom. The minimum atomic E-state index is 0.186. The first-order chi connectivity index (χ1) is 7.90. The van der Waals surface area contributed by atoms with Crippen LogP contribution in [-0.2, 0) is 0 Å². The second-order valence-corrected chi connectivity index (χ2v) is 4.88. The standard InChI is InChI=1S/C15H15N/c16-10-14-11-6-8-13(9-7-11)15(14)12-4-2-1-3-5-12/h1-6,8,11,13-15H,7,9H2/t11-,13-,14-,15-/m0/s1. The molecule has 1 nitrogen and oxygen atoms in total. The van der Waals surface area contributed by atoms with E-state index in [2.05, 4.69) is 42.5 Å². The number of hydrogen-bond donors (Lipinski definition) is 0. The molecule has 0 saturated heterocycles. The van der Waals surface area contributed by atoms with E-state index in [9.17, 15) is 5.26 Å². The van der Waals surface area contributed by atoms with E-state index in [1.807, 2.05) is 6.07 Å². The summed E-state index contributed by atoms with van der Waals surface area (Å²) in [5.74, 6) is 1.68. The summed E-state index contributed by atoms with van der Waals surface area (Å²) in [5, 5.41) is 9.36. The Morgan fingerprint density at radius 2 is 1.69 bits per heavy atom. The summed E-state index contributed by atoms with van der Waals surface area (Å²) in [4.78, 5) is 0. The zero-order valence-corrected chi connectivity index (χ0v) is 9.21. The molecular formula is C15H15N. The van der Waals surface area contributed by atoms with E-state index in [0.717, 1.165) is 0 Å². The van der Waals surface area contributed by atoms with Crippen molar-refractivity contribution >= 4 is 0 Å². The first kappa shape index (κ1) is 9.66. The SMILES string of the molecule is N#C[C@@H]1[C@@H](c2ccccc2)[C@H]2C=C[C@H]1CC2. The molecule has 0 radical (unpaired) electrons. The Hall–Kier alpha value is -1.55. The summed E-state index contributed by atoms with van der Waals surface area (Å²) in [6.45, 7) is 0. The van der Waals surface area contributed by atoms with Crippen molar-refractivity contribution in [1.82, 2.24) is 0 Å². The van der Waals surface area contributed by atoms with Gasteiger partial charge in [-0.1, -0.05) is 42.5 Å². The van der Waals surface area contributed by atoms with Gasteiger partial charge in [0.05, 0.1) is 12.0 Å². The average molecular weight is 209 g/mol. The van der Waals surface area contributed by atoms with Gasteiger partial charge in [-0.3, -0.25) is 0 Å². The summed E-state index contributed by atoms with van der Waals surface area (Å²) in [6.07, 6.45) is 7.04. The highest BCUT2D eigenvalue weighted by Crippen LogP contribution is 2.49. The first-order valence-electron chi connectivity index (χ1n) is 6.03. The normalized spacial score (nSPS) is 35.9. The molecule has 3 aliphatic carbocycles. The predicted octanol–water partition coefficient (Wildman–Crippen LogP) is 3.51. The fourth-order valence-electron chi connectivity index (χ4n) is 3.30. The highest BCUT2D eigenvalue weighted by molar-refractivity contribution is 5.29. The third kappa shape index (κ3) is 1.38. The minimum absolute atomic E-state index is 0.186. The molecule has 0 unspecified atom stereocenters. The molecule has 0 heterocycles. The lowest BCUT2D eigenvalue weighted by atomic mass is 9.61. The molecule has 0 aliphatic heterocycles. The smallest absolute Gasteiger partial charge is 0.0668 e. The Labute approximate surface area is 96.4 Å². The molecule has 1 fully saturated rings. The van der Waals surface area contributed by atoms with Gasteiger partial charge in [-0.15, -0.1) is 0 Å². The molecule has 1 aromatic carbocycles. The second-order valence-electron chi connectivity index (χ2n) is 4.88. The molecule has 3 aliphatic rings. The molecular weight excluding hydrogens is 194 g/mol. The van der Waals surface area contributed by atoms with Crippen LogP contribution in [0.1, 0.15) is 24.3 Å². The molecule has 1 saturated carbocycles. The van der Waals surface area contributed by atoms with Gasteiger partial charge in [-0.05, 0) is 30.2 Å². The largest absolute Gasteiger partial charge is 0.198 e. The maximum absolute atomic E-state index is 9.36. The van der Waals surface area contributed by atoms with Crippen molar-refractivity contribution in [2.24, 2.45) is 17.8 Å². The molecule has 0 amide bonds. The van der Waals surface area contributed by atoms with Crippen LogP contribution in [0.4, 0.5) is 0 Å². The fourth-order valence-corrected chi connectivity index (χ4v) is 3.30. The van der Waals surface area contributed by atoms with E-state index < -0.39 is 0 Å². The van der Waals surface area contributed by atoms with E-state index in [-0.39, 0.29) is 5.92 Å². The van der Waals surface area contributed by atoms with Gasteiger partial charge in [0.15, 0.2) is 0 Å². The maximum atomic E-state index is 9.36. The van der Waals surface area contributed by atoms with E-state index in [1.165, 1.54) is 18.4 Å². The van der Waals surface area contributed by atoms with Gasteiger partial charge in [-0.2, -0.15) is 5.26 Å². The highest BCUT2D eigenvalue weighted by atomic mass is 14.5. The van der Waals surface area contributed by atoms with E-state index >= 15 is 0 Å². The average Bonchev–Trinajstić information content (AvgIpc) is 2.40. The minimum Gasteiger partial charge on any atom is -0.198 e. The number of nitriles is 1. The Morgan fingerprint density at radius 3 is 2.31 bits per heavy atom. The lowest BCUT2D eigenvalue weighted by Gasteiger charge is -2.42. The number of allylic oxidation sites excluding steroid dienone is 2. The number of benzene rings is 1. The predicted molar refractivity (Wildman–Crippen MR) is 63.6 cm³/mol. The lowest BCUT2D eigenvalue weighted by molar-refractivity contribution is 0.225. The number of rotatable bonds is 1. The van der Waals surface area contributed by atoms with Crippen molar-refractivity contribution in [2.75, 3.05) is 0 Å². The molecule has 0 spiro atoms. The third-order valence-electron chi connectivity index (χ3n) is 4.08. The van der Waals surface area contributed by atoms with Crippen molar-refractivity contribution in [3.05, 3.63) is 48.0 Å². The number of nitrogens with zero attached hydrogens (tertiary/aromatic N) is 1. The zero-order chi connectivity index (χ0) is 11.0. The summed E-state index contributed by atoms with van der Waals surface area (Å²) in [7, 11) is 0. The molecule has 0 N–H and O–H groups in total. The van der Waals surface area contributed by atoms with Crippen LogP contribution in [0.5, 0.6) is 0 Å². The first-order valence-corrected chi connectivity index (χ1v) is 6.03. The van der Waals surface area contributed by atoms with Crippen LogP contribution in [0, 0.1) is 29.1 Å². The van der Waals surface area contributed by atoms with E-state index in [1.54, 1.807) is 0 Å². The molecule has 1 aromatic rings. The van der Waals surface area contributed by atoms with Crippen molar-refractivity contribution < 1.29 is 0 Å². The second kappa shape index (κ2) is 3.79. The molecule has 80 valence electrons. The van der Waals surface area contributed by atoms with Crippen LogP contribution in [-0.4, -0.2) is 0 Å². The molecule has 16 heavy (non-hydrogen) atoms.